The Hall–Kier alpha value is -2.25. The molecule has 0 aliphatic carbocycles. The van der Waals surface area contributed by atoms with Crippen molar-refractivity contribution in [1.29, 1.82) is 0 Å². The number of benzene rings is 1. The van der Waals surface area contributed by atoms with Crippen LogP contribution in [0.5, 0.6) is 0 Å². The van der Waals surface area contributed by atoms with Gasteiger partial charge in [-0.25, -0.2) is 0 Å². The van der Waals surface area contributed by atoms with Crippen LogP contribution in [0.15, 0.2) is 34.7 Å². The van der Waals surface area contributed by atoms with Gasteiger partial charge in [-0.2, -0.15) is 0 Å². The van der Waals surface area contributed by atoms with Crippen LogP contribution in [0.4, 0.5) is 0 Å². The van der Waals surface area contributed by atoms with Crippen molar-refractivity contribution in [2.75, 3.05) is 26.2 Å². The fourth-order valence-corrected chi connectivity index (χ4v) is 2.80. The molecule has 0 fully saturated rings. The molecule has 4 nitrogen and oxygen atoms in total. The van der Waals surface area contributed by atoms with Gasteiger partial charge in [-0.1, -0.05) is 38.0 Å². The zero-order valence-corrected chi connectivity index (χ0v) is 15.0. The Morgan fingerprint density at radius 3 is 2.54 bits per heavy atom. The van der Waals surface area contributed by atoms with Crippen LogP contribution in [0, 0.1) is 11.8 Å². The first kappa shape index (κ1) is 18.1. The monoisotopic (exact) mass is 326 g/mol. The molecule has 1 heterocycles. The zero-order valence-electron chi connectivity index (χ0n) is 15.0. The summed E-state index contributed by atoms with van der Waals surface area (Å²) in [7, 11) is 0. The molecular weight excluding hydrogens is 300 g/mol. The Balaban J connectivity index is 2.23. The third-order valence-corrected chi connectivity index (χ3v) is 4.37. The molecule has 0 N–H and O–H groups in total. The smallest absolute Gasteiger partial charge is 0.299 e. The molecule has 0 aliphatic rings. The molecule has 4 heteroatoms. The summed E-state index contributed by atoms with van der Waals surface area (Å²) in [6.45, 7) is 11.3. The fraction of sp³-hybridized carbons (Fsp3) is 0.450. The lowest BCUT2D eigenvalue weighted by molar-refractivity contribution is -0.127. The number of furan rings is 1. The molecule has 1 unspecified atom stereocenters. The number of carbonyl (C=O) groups is 1. The predicted molar refractivity (Wildman–Crippen MR) is 97.6 cm³/mol. The van der Waals surface area contributed by atoms with E-state index in [2.05, 4.69) is 30.6 Å². The van der Waals surface area contributed by atoms with E-state index in [1.165, 1.54) is 0 Å². The number of nitrogens with zero attached hydrogens (tertiary/aromatic N) is 2. The van der Waals surface area contributed by atoms with Crippen LogP contribution in [0.25, 0.3) is 11.0 Å². The summed E-state index contributed by atoms with van der Waals surface area (Å²) >= 11 is 0. The third kappa shape index (κ3) is 4.18. The van der Waals surface area contributed by atoms with Crippen LogP contribution >= 0.6 is 0 Å². The van der Waals surface area contributed by atoms with E-state index in [-0.39, 0.29) is 11.9 Å². The average Bonchev–Trinajstić information content (AvgIpc) is 3.02. The van der Waals surface area contributed by atoms with Crippen LogP contribution in [0.1, 0.15) is 39.5 Å². The first-order valence-electron chi connectivity index (χ1n) is 8.54. The molecule has 2 aromatic rings. The first-order chi connectivity index (χ1) is 11.6. The van der Waals surface area contributed by atoms with Crippen molar-refractivity contribution in [2.24, 2.45) is 0 Å². The van der Waals surface area contributed by atoms with Gasteiger partial charge in [0.25, 0.3) is 5.91 Å². The van der Waals surface area contributed by atoms with Crippen molar-refractivity contribution in [3.63, 3.8) is 0 Å². The van der Waals surface area contributed by atoms with Gasteiger partial charge in [-0.3, -0.25) is 4.79 Å². The first-order valence-corrected chi connectivity index (χ1v) is 8.54. The highest BCUT2D eigenvalue weighted by atomic mass is 16.3. The molecule has 1 aromatic heterocycles. The Morgan fingerprint density at radius 2 is 1.92 bits per heavy atom. The van der Waals surface area contributed by atoms with Crippen LogP contribution in [0.2, 0.25) is 0 Å². The molecule has 2 rings (SSSR count). The van der Waals surface area contributed by atoms with Crippen molar-refractivity contribution in [1.82, 2.24) is 9.80 Å². The van der Waals surface area contributed by atoms with E-state index >= 15 is 0 Å². The molecule has 0 saturated carbocycles. The summed E-state index contributed by atoms with van der Waals surface area (Å²) in [5, 5.41) is 1.05. The van der Waals surface area contributed by atoms with E-state index in [1.54, 1.807) is 11.8 Å². The van der Waals surface area contributed by atoms with Gasteiger partial charge >= 0.3 is 0 Å². The third-order valence-electron chi connectivity index (χ3n) is 4.37. The minimum absolute atomic E-state index is 0.152. The van der Waals surface area contributed by atoms with E-state index in [0.717, 1.165) is 36.4 Å². The van der Waals surface area contributed by atoms with E-state index in [9.17, 15) is 4.79 Å². The second-order valence-electron chi connectivity index (χ2n) is 5.76. The highest BCUT2D eigenvalue weighted by Crippen LogP contribution is 2.27. The number of fused-ring (bicyclic) bond motifs is 1. The summed E-state index contributed by atoms with van der Waals surface area (Å²) in [5.41, 5.74) is 0.845. The number of rotatable bonds is 7. The van der Waals surface area contributed by atoms with Crippen molar-refractivity contribution in [3.05, 3.63) is 36.1 Å². The Labute approximate surface area is 144 Å². The summed E-state index contributed by atoms with van der Waals surface area (Å²) in [5.74, 6) is 6.02. The molecular formula is C20H26N2O2. The van der Waals surface area contributed by atoms with Gasteiger partial charge in [-0.05, 0) is 45.0 Å². The Kier molecular flexibility index (Phi) is 6.45. The summed E-state index contributed by atoms with van der Waals surface area (Å²) in [6.07, 6.45) is 0. The van der Waals surface area contributed by atoms with Crippen LogP contribution in [-0.4, -0.2) is 41.9 Å². The molecule has 128 valence electrons. The Morgan fingerprint density at radius 1 is 1.21 bits per heavy atom. The molecule has 0 saturated heterocycles. The number of para-hydroxylation sites is 1. The number of carbonyl (C=O) groups excluding carboxylic acids is 1. The summed E-state index contributed by atoms with van der Waals surface area (Å²) in [6, 6.07) is 9.75. The molecule has 0 bridgehead atoms. The SMILES string of the molecule is CC#CC(=O)N(CCN(CC)CC)C(C)c1cc2ccccc2o1. The second kappa shape index (κ2) is 8.56. The summed E-state index contributed by atoms with van der Waals surface area (Å²) in [4.78, 5) is 16.5. The molecule has 24 heavy (non-hydrogen) atoms. The molecule has 0 radical (unpaired) electrons. The summed E-state index contributed by atoms with van der Waals surface area (Å²) < 4.78 is 5.94. The van der Waals surface area contributed by atoms with E-state index in [4.69, 9.17) is 4.42 Å². The van der Waals surface area contributed by atoms with Crippen LogP contribution < -0.4 is 0 Å². The molecule has 0 aliphatic heterocycles. The van der Waals surface area contributed by atoms with E-state index in [1.807, 2.05) is 37.3 Å². The lowest BCUT2D eigenvalue weighted by Gasteiger charge is -2.29. The fourth-order valence-electron chi connectivity index (χ4n) is 2.80. The van der Waals surface area contributed by atoms with Crippen LogP contribution in [-0.2, 0) is 4.79 Å². The minimum Gasteiger partial charge on any atom is -0.459 e. The minimum atomic E-state index is -0.155. The van der Waals surface area contributed by atoms with Crippen molar-refractivity contribution in [2.45, 2.75) is 33.7 Å². The highest BCUT2D eigenvalue weighted by Gasteiger charge is 2.23. The number of likely N-dealkylation sites (N-methyl/N-ethyl adjacent to an activating group) is 1. The van der Waals surface area contributed by atoms with Gasteiger partial charge in [0.15, 0.2) is 0 Å². The molecule has 1 atom stereocenters. The van der Waals surface area contributed by atoms with Gasteiger partial charge in [0.1, 0.15) is 11.3 Å². The zero-order chi connectivity index (χ0) is 17.5. The van der Waals surface area contributed by atoms with Crippen LogP contribution in [0.3, 0.4) is 0 Å². The van der Waals surface area contributed by atoms with Gasteiger partial charge < -0.3 is 14.2 Å². The maximum Gasteiger partial charge on any atom is 0.299 e. The van der Waals surface area contributed by atoms with E-state index in [0.29, 0.717) is 6.54 Å². The topological polar surface area (TPSA) is 36.7 Å². The Bertz CT molecular complexity index is 702. The number of hydrogen-bond donors (Lipinski definition) is 0. The quantitative estimate of drug-likeness (QED) is 0.728. The largest absolute Gasteiger partial charge is 0.459 e. The number of amides is 1. The van der Waals surface area contributed by atoms with Crippen molar-refractivity contribution in [3.8, 4) is 11.8 Å². The normalized spacial score (nSPS) is 12.0. The maximum atomic E-state index is 12.5. The molecule has 1 aromatic carbocycles. The van der Waals surface area contributed by atoms with Gasteiger partial charge in [0, 0.05) is 18.5 Å². The predicted octanol–water partition coefficient (Wildman–Crippen LogP) is 3.69. The van der Waals surface area contributed by atoms with Crippen molar-refractivity contribution >= 4 is 16.9 Å². The van der Waals surface area contributed by atoms with Gasteiger partial charge in [0.2, 0.25) is 0 Å². The lowest BCUT2D eigenvalue weighted by atomic mass is 10.2. The second-order valence-corrected chi connectivity index (χ2v) is 5.76. The molecule has 0 spiro atoms. The highest BCUT2D eigenvalue weighted by molar-refractivity contribution is 5.93. The number of hydrogen-bond acceptors (Lipinski definition) is 3. The maximum absolute atomic E-state index is 12.5. The lowest BCUT2D eigenvalue weighted by Crippen LogP contribution is -2.39. The van der Waals surface area contributed by atoms with Gasteiger partial charge in [0.05, 0.1) is 6.04 Å². The van der Waals surface area contributed by atoms with E-state index < -0.39 is 0 Å². The molecule has 1 amide bonds. The average molecular weight is 326 g/mol. The van der Waals surface area contributed by atoms with Gasteiger partial charge in [-0.15, -0.1) is 0 Å². The standard InChI is InChI=1S/C20H26N2O2/c1-5-10-20(23)22(14-13-21(6-2)7-3)16(4)19-15-17-11-8-9-12-18(17)24-19/h8-9,11-12,15-16H,6-7,13-14H2,1-4H3. The van der Waals surface area contributed by atoms with Crippen molar-refractivity contribution < 1.29 is 9.21 Å².